The molecule has 1 amide bonds. The molecule has 8 heteroatoms. The molecule has 4 N–H and O–H groups in total. The molecule has 0 fully saturated rings. The van der Waals surface area contributed by atoms with E-state index in [2.05, 4.69) is 10.6 Å². The number of carbonyl (C=O) groups is 1. The Morgan fingerprint density at radius 3 is 2.35 bits per heavy atom. The van der Waals surface area contributed by atoms with Crippen molar-refractivity contribution in [2.24, 2.45) is 19.8 Å². The van der Waals surface area contributed by atoms with Crippen molar-refractivity contribution in [3.63, 3.8) is 0 Å². The molecule has 0 spiro atoms. The Morgan fingerprint density at radius 2 is 1.88 bits per heavy atom. The molecule has 17 heavy (non-hydrogen) atoms. The summed E-state index contributed by atoms with van der Waals surface area (Å²) < 4.78 is 2.22. The lowest BCUT2D eigenvalue weighted by Crippen LogP contribution is -2.40. The molecule has 0 aliphatic heterocycles. The fraction of sp³-hybridized carbons (Fsp3) is 0.444. The zero-order chi connectivity index (χ0) is 13.2. The molecule has 0 aliphatic carbocycles. The van der Waals surface area contributed by atoms with Gasteiger partial charge >= 0.3 is 5.69 Å². The molecule has 1 aromatic heterocycles. The lowest BCUT2D eigenvalue weighted by molar-refractivity contribution is -0.116. The standard InChI is InChI=1S/C9H15N5O3/c1-11-7-6(12-4-5(10)15)8(16)14(3)9(17)13(7)2/h11-12H,4H2,1-3H3,(H2,10,15). The first-order valence-corrected chi connectivity index (χ1v) is 4.90. The zero-order valence-electron chi connectivity index (χ0n) is 9.90. The van der Waals surface area contributed by atoms with Crippen molar-refractivity contribution in [2.75, 3.05) is 24.2 Å². The van der Waals surface area contributed by atoms with Gasteiger partial charge in [-0.3, -0.25) is 18.7 Å². The Bertz CT molecular complexity index is 557. The van der Waals surface area contributed by atoms with E-state index >= 15 is 0 Å². The molecule has 0 bridgehead atoms. The minimum atomic E-state index is -0.594. The highest BCUT2D eigenvalue weighted by Gasteiger charge is 2.14. The maximum atomic E-state index is 11.8. The molecule has 8 nitrogen and oxygen atoms in total. The van der Waals surface area contributed by atoms with E-state index in [-0.39, 0.29) is 12.2 Å². The molecule has 94 valence electrons. The van der Waals surface area contributed by atoms with Gasteiger partial charge in [0.15, 0.2) is 0 Å². The molecule has 0 atom stereocenters. The van der Waals surface area contributed by atoms with Crippen LogP contribution in [0.1, 0.15) is 0 Å². The number of hydrogen-bond acceptors (Lipinski definition) is 5. The van der Waals surface area contributed by atoms with Crippen molar-refractivity contribution in [3.05, 3.63) is 20.8 Å². The molecule has 0 unspecified atom stereocenters. The van der Waals surface area contributed by atoms with Gasteiger partial charge in [0.1, 0.15) is 11.5 Å². The van der Waals surface area contributed by atoms with Gasteiger partial charge in [0.05, 0.1) is 6.54 Å². The zero-order valence-corrected chi connectivity index (χ0v) is 9.90. The van der Waals surface area contributed by atoms with Gasteiger partial charge in [-0.1, -0.05) is 0 Å². The van der Waals surface area contributed by atoms with Crippen LogP contribution < -0.4 is 27.6 Å². The molecular weight excluding hydrogens is 226 g/mol. The summed E-state index contributed by atoms with van der Waals surface area (Å²) in [6.45, 7) is -0.178. The summed E-state index contributed by atoms with van der Waals surface area (Å²) in [4.78, 5) is 34.1. The third-order valence-electron chi connectivity index (χ3n) is 2.34. The molecule has 0 aromatic carbocycles. The van der Waals surface area contributed by atoms with Crippen molar-refractivity contribution in [3.8, 4) is 0 Å². The minimum Gasteiger partial charge on any atom is -0.373 e. The monoisotopic (exact) mass is 241 g/mol. The van der Waals surface area contributed by atoms with Crippen LogP contribution in [-0.4, -0.2) is 28.6 Å². The van der Waals surface area contributed by atoms with Gasteiger partial charge in [0.2, 0.25) is 5.91 Å². The number of primary amides is 1. The molecule has 0 aliphatic rings. The van der Waals surface area contributed by atoms with Gasteiger partial charge in [-0.2, -0.15) is 0 Å². The Kier molecular flexibility index (Phi) is 3.56. The van der Waals surface area contributed by atoms with Crippen LogP contribution in [0.25, 0.3) is 0 Å². The Hall–Kier alpha value is -2.25. The number of aromatic nitrogens is 2. The van der Waals surface area contributed by atoms with Crippen molar-refractivity contribution in [1.29, 1.82) is 0 Å². The molecule has 0 saturated carbocycles. The number of nitrogens with one attached hydrogen (secondary N) is 2. The van der Waals surface area contributed by atoms with Crippen molar-refractivity contribution < 1.29 is 4.79 Å². The predicted molar refractivity (Wildman–Crippen MR) is 64.2 cm³/mol. The Balaban J connectivity index is 3.42. The van der Waals surface area contributed by atoms with Crippen LogP contribution in [0.4, 0.5) is 11.5 Å². The van der Waals surface area contributed by atoms with E-state index in [1.807, 2.05) is 0 Å². The first kappa shape index (κ1) is 12.8. The molecular formula is C9H15N5O3. The van der Waals surface area contributed by atoms with Gasteiger partial charge in [0.25, 0.3) is 5.56 Å². The number of rotatable bonds is 4. The summed E-state index contributed by atoms with van der Waals surface area (Å²) in [6, 6.07) is 0. The van der Waals surface area contributed by atoms with E-state index in [1.54, 1.807) is 7.05 Å². The number of nitrogens with two attached hydrogens (primary N) is 1. The largest absolute Gasteiger partial charge is 0.373 e. The van der Waals surface area contributed by atoms with Crippen LogP contribution in [0.2, 0.25) is 0 Å². The van der Waals surface area contributed by atoms with E-state index in [1.165, 1.54) is 18.7 Å². The summed E-state index contributed by atoms with van der Waals surface area (Å²) in [5.74, 6) is -0.290. The Labute approximate surface area is 97.0 Å². The van der Waals surface area contributed by atoms with E-state index in [4.69, 9.17) is 5.73 Å². The van der Waals surface area contributed by atoms with Crippen LogP contribution in [-0.2, 0) is 18.9 Å². The van der Waals surface area contributed by atoms with Gasteiger partial charge in [-0.15, -0.1) is 0 Å². The Morgan fingerprint density at radius 1 is 1.29 bits per heavy atom. The van der Waals surface area contributed by atoms with Crippen LogP contribution in [0.15, 0.2) is 9.59 Å². The third-order valence-corrected chi connectivity index (χ3v) is 2.34. The van der Waals surface area contributed by atoms with Crippen molar-refractivity contribution in [2.45, 2.75) is 0 Å². The number of anilines is 2. The van der Waals surface area contributed by atoms with Crippen LogP contribution in [0.3, 0.4) is 0 Å². The van der Waals surface area contributed by atoms with Crippen molar-refractivity contribution >= 4 is 17.4 Å². The number of hydrogen-bond donors (Lipinski definition) is 3. The van der Waals surface area contributed by atoms with Gasteiger partial charge < -0.3 is 16.4 Å². The molecule has 1 aromatic rings. The number of amides is 1. The fourth-order valence-corrected chi connectivity index (χ4v) is 1.47. The summed E-state index contributed by atoms with van der Waals surface area (Å²) >= 11 is 0. The first-order valence-electron chi connectivity index (χ1n) is 4.90. The van der Waals surface area contributed by atoms with E-state index < -0.39 is 17.2 Å². The smallest absolute Gasteiger partial charge is 0.332 e. The highest BCUT2D eigenvalue weighted by atomic mass is 16.2. The van der Waals surface area contributed by atoms with E-state index in [0.717, 1.165) is 4.57 Å². The molecule has 0 radical (unpaired) electrons. The number of nitrogens with zero attached hydrogens (tertiary/aromatic N) is 2. The van der Waals surface area contributed by atoms with Crippen LogP contribution in [0.5, 0.6) is 0 Å². The van der Waals surface area contributed by atoms with Crippen LogP contribution in [0, 0.1) is 0 Å². The summed E-state index contributed by atoms with van der Waals surface area (Å²) in [6.07, 6.45) is 0. The second-order valence-corrected chi connectivity index (χ2v) is 3.50. The lowest BCUT2D eigenvalue weighted by Gasteiger charge is -2.14. The summed E-state index contributed by atoms with van der Waals surface area (Å²) in [5.41, 5.74) is 4.15. The van der Waals surface area contributed by atoms with Gasteiger partial charge in [-0.05, 0) is 0 Å². The average molecular weight is 241 g/mol. The molecule has 1 heterocycles. The van der Waals surface area contributed by atoms with Gasteiger partial charge in [0, 0.05) is 21.1 Å². The highest BCUT2D eigenvalue weighted by Crippen LogP contribution is 2.12. The predicted octanol–water partition coefficient (Wildman–Crippen LogP) is -1.98. The number of carbonyl (C=O) groups excluding carboxylic acids is 1. The summed E-state index contributed by atoms with van der Waals surface area (Å²) in [5, 5.41) is 5.34. The fourth-order valence-electron chi connectivity index (χ4n) is 1.47. The minimum absolute atomic E-state index is 0.135. The maximum absolute atomic E-state index is 11.8. The maximum Gasteiger partial charge on any atom is 0.332 e. The SMILES string of the molecule is CNc1c(NCC(N)=O)c(=O)n(C)c(=O)n1C. The average Bonchev–Trinajstić information content (AvgIpc) is 2.29. The normalized spacial score (nSPS) is 10.1. The third kappa shape index (κ3) is 2.30. The first-order chi connectivity index (χ1) is 7.90. The second kappa shape index (κ2) is 4.73. The highest BCUT2D eigenvalue weighted by molar-refractivity contribution is 5.80. The van der Waals surface area contributed by atoms with E-state index in [0.29, 0.717) is 5.82 Å². The van der Waals surface area contributed by atoms with Gasteiger partial charge in [-0.25, -0.2) is 4.79 Å². The summed E-state index contributed by atoms with van der Waals surface area (Å²) in [7, 11) is 4.45. The molecule has 0 saturated heterocycles. The van der Waals surface area contributed by atoms with Crippen LogP contribution >= 0.6 is 0 Å². The van der Waals surface area contributed by atoms with E-state index in [9.17, 15) is 14.4 Å². The second-order valence-electron chi connectivity index (χ2n) is 3.50. The quantitative estimate of drug-likeness (QED) is 0.566. The lowest BCUT2D eigenvalue weighted by atomic mass is 10.4. The van der Waals surface area contributed by atoms with Crippen molar-refractivity contribution in [1.82, 2.24) is 9.13 Å². The topological polar surface area (TPSA) is 111 Å². The molecule has 1 rings (SSSR count).